The number of nitrogens with one attached hydrogen (secondary N) is 1. The van der Waals surface area contributed by atoms with Crippen molar-refractivity contribution in [3.63, 3.8) is 0 Å². The smallest absolute Gasteiger partial charge is 0.261 e. The monoisotopic (exact) mass is 409 g/mol. The molecule has 1 fully saturated rings. The summed E-state index contributed by atoms with van der Waals surface area (Å²) >= 11 is 1.44. The molecule has 6 heteroatoms. The number of halogens is 1. The summed E-state index contributed by atoms with van der Waals surface area (Å²) in [6.07, 6.45) is 3.87. The number of hydrogen-bond acceptors (Lipinski definition) is 4. The molecule has 2 atom stereocenters. The summed E-state index contributed by atoms with van der Waals surface area (Å²) in [5.41, 5.74) is 2.00. The van der Waals surface area contributed by atoms with Gasteiger partial charge < -0.3 is 5.32 Å². The van der Waals surface area contributed by atoms with Crippen LogP contribution in [0.15, 0.2) is 66.2 Å². The Morgan fingerprint density at radius 2 is 2.07 bits per heavy atom. The molecule has 1 aromatic carbocycles. The standard InChI is InChI=1S/C23H24FN3OS/c24-19-10-8-17(9-11-19)15-27-13-3-5-18(16-27)22(20-6-1-2-12-25-20)26-23(28)21-7-4-14-29-21/h1-2,4,6-12,14,18,22H,3,5,13,15-16H2,(H,26,28)/t18-,22-/m0/s1. The van der Waals surface area contributed by atoms with Crippen molar-refractivity contribution in [3.8, 4) is 0 Å². The molecule has 0 spiro atoms. The maximum Gasteiger partial charge on any atom is 0.261 e. The zero-order chi connectivity index (χ0) is 20.1. The summed E-state index contributed by atoms with van der Waals surface area (Å²) in [7, 11) is 0. The summed E-state index contributed by atoms with van der Waals surface area (Å²) < 4.78 is 13.2. The van der Waals surface area contributed by atoms with Gasteiger partial charge in [0.2, 0.25) is 0 Å². The molecule has 1 aliphatic rings. The molecule has 0 radical (unpaired) electrons. The predicted octanol–water partition coefficient (Wildman–Crippen LogP) is 4.67. The van der Waals surface area contributed by atoms with E-state index in [0.29, 0.717) is 4.88 Å². The Kier molecular flexibility index (Phi) is 6.32. The molecule has 1 amide bonds. The lowest BCUT2D eigenvalue weighted by Gasteiger charge is -2.37. The molecule has 1 saturated heterocycles. The molecule has 0 saturated carbocycles. The molecule has 2 aromatic heterocycles. The summed E-state index contributed by atoms with van der Waals surface area (Å²) in [5, 5.41) is 5.14. The molecule has 4 rings (SSSR count). The summed E-state index contributed by atoms with van der Waals surface area (Å²) in [5.74, 6) is 0.00565. The topological polar surface area (TPSA) is 45.2 Å². The minimum Gasteiger partial charge on any atom is -0.343 e. The van der Waals surface area contributed by atoms with Gasteiger partial charge in [-0.2, -0.15) is 0 Å². The van der Waals surface area contributed by atoms with E-state index >= 15 is 0 Å². The largest absolute Gasteiger partial charge is 0.343 e. The fraction of sp³-hybridized carbons (Fsp3) is 0.304. The lowest BCUT2D eigenvalue weighted by atomic mass is 9.88. The Bertz CT molecular complexity index is 915. The van der Waals surface area contributed by atoms with Crippen LogP contribution in [-0.4, -0.2) is 28.9 Å². The van der Waals surface area contributed by atoms with Gasteiger partial charge in [0, 0.05) is 19.3 Å². The number of carbonyl (C=O) groups excluding carboxylic acids is 1. The molecule has 3 aromatic rings. The van der Waals surface area contributed by atoms with Crippen LogP contribution in [0, 0.1) is 11.7 Å². The second-order valence-electron chi connectivity index (χ2n) is 7.45. The summed E-state index contributed by atoms with van der Waals surface area (Å²) in [6, 6.07) is 16.1. The van der Waals surface area contributed by atoms with Crippen LogP contribution in [-0.2, 0) is 6.54 Å². The van der Waals surface area contributed by atoms with E-state index in [9.17, 15) is 9.18 Å². The number of amides is 1. The third kappa shape index (κ3) is 5.08. The molecular weight excluding hydrogens is 385 g/mol. The Balaban J connectivity index is 1.50. The average molecular weight is 410 g/mol. The number of thiophene rings is 1. The average Bonchev–Trinajstić information content (AvgIpc) is 3.29. The van der Waals surface area contributed by atoms with Gasteiger partial charge in [-0.25, -0.2) is 4.39 Å². The molecular formula is C23H24FN3OS. The van der Waals surface area contributed by atoms with Crippen LogP contribution < -0.4 is 5.32 Å². The van der Waals surface area contributed by atoms with Crippen LogP contribution in [0.25, 0.3) is 0 Å². The van der Waals surface area contributed by atoms with Crippen LogP contribution in [0.4, 0.5) is 4.39 Å². The summed E-state index contributed by atoms with van der Waals surface area (Å²) in [6.45, 7) is 2.65. The van der Waals surface area contributed by atoms with E-state index in [0.717, 1.165) is 43.7 Å². The van der Waals surface area contributed by atoms with E-state index in [1.807, 2.05) is 47.8 Å². The Morgan fingerprint density at radius 1 is 1.21 bits per heavy atom. The highest BCUT2D eigenvalue weighted by atomic mass is 32.1. The normalized spacial score (nSPS) is 18.3. The van der Waals surface area contributed by atoms with Gasteiger partial charge in [-0.15, -0.1) is 11.3 Å². The maximum absolute atomic E-state index is 13.2. The van der Waals surface area contributed by atoms with Crippen molar-refractivity contribution < 1.29 is 9.18 Å². The predicted molar refractivity (Wildman–Crippen MR) is 113 cm³/mol. The second-order valence-corrected chi connectivity index (χ2v) is 8.39. The van der Waals surface area contributed by atoms with Gasteiger partial charge in [0.05, 0.1) is 16.6 Å². The fourth-order valence-corrected chi connectivity index (χ4v) is 4.60. The van der Waals surface area contributed by atoms with Gasteiger partial charge in [-0.1, -0.05) is 24.3 Å². The second kappa shape index (κ2) is 9.29. The molecule has 150 valence electrons. The molecule has 0 unspecified atom stereocenters. The van der Waals surface area contributed by atoms with Crippen LogP contribution in [0.5, 0.6) is 0 Å². The highest BCUT2D eigenvalue weighted by Gasteiger charge is 2.30. The zero-order valence-electron chi connectivity index (χ0n) is 16.1. The van der Waals surface area contributed by atoms with E-state index in [1.54, 1.807) is 6.20 Å². The van der Waals surface area contributed by atoms with Crippen molar-refractivity contribution in [2.24, 2.45) is 5.92 Å². The minimum atomic E-state index is -0.211. The molecule has 4 nitrogen and oxygen atoms in total. The summed E-state index contributed by atoms with van der Waals surface area (Å²) in [4.78, 5) is 20.4. The van der Waals surface area contributed by atoms with Crippen molar-refractivity contribution >= 4 is 17.2 Å². The Hall–Kier alpha value is -2.57. The first-order chi connectivity index (χ1) is 14.2. The van der Waals surface area contributed by atoms with Crippen molar-refractivity contribution in [2.45, 2.75) is 25.4 Å². The molecule has 3 heterocycles. The van der Waals surface area contributed by atoms with Gasteiger partial charge in [0.25, 0.3) is 5.91 Å². The highest BCUT2D eigenvalue weighted by Crippen LogP contribution is 2.30. The third-order valence-corrected chi connectivity index (χ3v) is 6.24. The van der Waals surface area contributed by atoms with Gasteiger partial charge in [-0.05, 0) is 66.6 Å². The van der Waals surface area contributed by atoms with Crippen molar-refractivity contribution in [1.29, 1.82) is 0 Å². The first kappa shape index (κ1) is 19.7. The van der Waals surface area contributed by atoms with Gasteiger partial charge in [0.15, 0.2) is 0 Å². The third-order valence-electron chi connectivity index (χ3n) is 5.37. The van der Waals surface area contributed by atoms with E-state index in [-0.39, 0.29) is 23.7 Å². The molecule has 1 N–H and O–H groups in total. The number of aromatic nitrogens is 1. The van der Waals surface area contributed by atoms with Crippen LogP contribution >= 0.6 is 11.3 Å². The number of likely N-dealkylation sites (tertiary alicyclic amines) is 1. The maximum atomic E-state index is 13.2. The lowest BCUT2D eigenvalue weighted by molar-refractivity contribution is 0.0879. The zero-order valence-corrected chi connectivity index (χ0v) is 16.9. The molecule has 1 aliphatic heterocycles. The number of hydrogen-bond donors (Lipinski definition) is 1. The van der Waals surface area contributed by atoms with Crippen LogP contribution in [0.3, 0.4) is 0 Å². The first-order valence-electron chi connectivity index (χ1n) is 9.91. The Labute approximate surface area is 174 Å². The number of pyridine rings is 1. The van der Waals surface area contributed by atoms with Gasteiger partial charge in [0.1, 0.15) is 5.82 Å². The SMILES string of the molecule is O=C(N[C@H](c1ccccn1)[C@H]1CCCN(Cc2ccc(F)cc2)C1)c1cccs1. The van der Waals surface area contributed by atoms with E-state index in [1.165, 1.54) is 23.5 Å². The lowest BCUT2D eigenvalue weighted by Crippen LogP contribution is -2.42. The van der Waals surface area contributed by atoms with Gasteiger partial charge in [-0.3, -0.25) is 14.7 Å². The Morgan fingerprint density at radius 3 is 2.79 bits per heavy atom. The fourth-order valence-electron chi connectivity index (χ4n) is 3.97. The quantitative estimate of drug-likeness (QED) is 0.644. The molecule has 29 heavy (non-hydrogen) atoms. The molecule has 0 bridgehead atoms. The number of piperidine rings is 1. The minimum absolute atomic E-state index is 0.0497. The van der Waals surface area contributed by atoms with Crippen molar-refractivity contribution in [1.82, 2.24) is 15.2 Å². The van der Waals surface area contributed by atoms with E-state index in [4.69, 9.17) is 0 Å². The van der Waals surface area contributed by atoms with Crippen molar-refractivity contribution in [2.75, 3.05) is 13.1 Å². The molecule has 0 aliphatic carbocycles. The highest BCUT2D eigenvalue weighted by molar-refractivity contribution is 7.12. The number of carbonyl (C=O) groups is 1. The van der Waals surface area contributed by atoms with E-state index in [2.05, 4.69) is 15.2 Å². The number of nitrogens with zero attached hydrogens (tertiary/aromatic N) is 2. The first-order valence-corrected chi connectivity index (χ1v) is 10.8. The van der Waals surface area contributed by atoms with Crippen molar-refractivity contribution in [3.05, 3.63) is 88.1 Å². The van der Waals surface area contributed by atoms with Crippen LogP contribution in [0.2, 0.25) is 0 Å². The number of rotatable bonds is 6. The van der Waals surface area contributed by atoms with E-state index < -0.39 is 0 Å². The van der Waals surface area contributed by atoms with Gasteiger partial charge >= 0.3 is 0 Å². The number of benzene rings is 1. The van der Waals surface area contributed by atoms with Crippen LogP contribution in [0.1, 0.15) is 39.8 Å².